The standard InChI is InChI=1S/C23H28F2N4O2S.ClH/c1-16-3-4-21(11-17(16)2)32(30,31)29-9-5-23(6-10-29)22(26-7-8-28-23)27-15-18-12-19(24)14-20(25)13-18;/h3-4,11-14,28H,5-10,15H2,1-2H3,(H,26,27);1H. The third-order valence-electron chi connectivity index (χ3n) is 6.37. The lowest BCUT2D eigenvalue weighted by atomic mass is 9.85. The number of hydrogen-bond acceptors (Lipinski definition) is 5. The number of sulfonamides is 1. The van der Waals surface area contributed by atoms with Gasteiger partial charge < -0.3 is 10.6 Å². The van der Waals surface area contributed by atoms with Crippen LogP contribution >= 0.6 is 12.4 Å². The van der Waals surface area contributed by atoms with Gasteiger partial charge in [-0.2, -0.15) is 4.31 Å². The normalized spacial score (nSPS) is 18.5. The van der Waals surface area contributed by atoms with E-state index in [2.05, 4.69) is 15.6 Å². The Morgan fingerprint density at radius 2 is 1.73 bits per heavy atom. The van der Waals surface area contributed by atoms with Crippen molar-refractivity contribution in [3.8, 4) is 0 Å². The number of nitrogens with one attached hydrogen (secondary N) is 2. The van der Waals surface area contributed by atoms with Crippen LogP contribution in [-0.2, 0) is 16.6 Å². The van der Waals surface area contributed by atoms with Gasteiger partial charge >= 0.3 is 0 Å². The fourth-order valence-electron chi connectivity index (χ4n) is 4.37. The zero-order valence-electron chi connectivity index (χ0n) is 18.7. The average Bonchev–Trinajstić information content (AvgIpc) is 2.75. The Morgan fingerprint density at radius 3 is 2.36 bits per heavy atom. The topological polar surface area (TPSA) is 73.8 Å². The van der Waals surface area contributed by atoms with E-state index in [-0.39, 0.29) is 19.0 Å². The Kier molecular flexibility index (Phi) is 7.78. The van der Waals surface area contributed by atoms with Crippen LogP contribution in [-0.4, -0.2) is 50.3 Å². The maximum absolute atomic E-state index is 13.5. The van der Waals surface area contributed by atoms with Crippen molar-refractivity contribution in [1.82, 2.24) is 14.9 Å². The Balaban J connectivity index is 0.00000306. The van der Waals surface area contributed by atoms with E-state index in [0.717, 1.165) is 23.0 Å². The van der Waals surface area contributed by atoms with E-state index in [9.17, 15) is 17.2 Å². The summed E-state index contributed by atoms with van der Waals surface area (Å²) in [5.41, 5.74) is 2.01. The predicted molar refractivity (Wildman–Crippen MR) is 127 cm³/mol. The van der Waals surface area contributed by atoms with Crippen molar-refractivity contribution in [3.05, 3.63) is 64.7 Å². The first-order valence-corrected chi connectivity index (χ1v) is 12.2. The van der Waals surface area contributed by atoms with Crippen LogP contribution in [0.2, 0.25) is 0 Å². The maximum Gasteiger partial charge on any atom is 0.243 e. The van der Waals surface area contributed by atoms with Gasteiger partial charge in [-0.15, -0.1) is 12.4 Å². The van der Waals surface area contributed by atoms with E-state index in [1.54, 1.807) is 12.1 Å². The highest BCUT2D eigenvalue weighted by atomic mass is 35.5. The van der Waals surface area contributed by atoms with Crippen LogP contribution in [0.1, 0.15) is 29.5 Å². The van der Waals surface area contributed by atoms with Crippen LogP contribution in [0.15, 0.2) is 46.3 Å². The lowest BCUT2D eigenvalue weighted by molar-refractivity contribution is 0.241. The molecule has 4 rings (SSSR count). The number of piperidine rings is 1. The van der Waals surface area contributed by atoms with E-state index in [1.165, 1.54) is 16.4 Å². The van der Waals surface area contributed by atoms with Crippen molar-refractivity contribution in [3.63, 3.8) is 0 Å². The Bertz CT molecular complexity index is 1130. The Hall–Kier alpha value is -2.07. The third kappa shape index (κ3) is 5.37. The van der Waals surface area contributed by atoms with E-state index < -0.39 is 27.2 Å². The SMILES string of the molecule is Cc1ccc(S(=O)(=O)N2CCC3(CC2)NCCN=C3NCc2cc(F)cc(F)c2)cc1C.Cl. The minimum absolute atomic E-state index is 0. The largest absolute Gasteiger partial charge is 0.368 e. The summed E-state index contributed by atoms with van der Waals surface area (Å²) in [6.45, 7) is 6.11. The van der Waals surface area contributed by atoms with Crippen molar-refractivity contribution >= 4 is 28.3 Å². The molecule has 6 nitrogen and oxygen atoms in total. The molecule has 0 aromatic heterocycles. The first-order valence-electron chi connectivity index (χ1n) is 10.8. The zero-order chi connectivity index (χ0) is 22.9. The quantitative estimate of drug-likeness (QED) is 0.678. The molecule has 2 heterocycles. The summed E-state index contributed by atoms with van der Waals surface area (Å²) in [5, 5.41) is 6.75. The Morgan fingerprint density at radius 1 is 1.06 bits per heavy atom. The molecule has 180 valence electrons. The van der Waals surface area contributed by atoms with Crippen LogP contribution in [0.5, 0.6) is 0 Å². The monoisotopic (exact) mass is 498 g/mol. The molecular formula is C23H29ClF2N4O2S. The zero-order valence-corrected chi connectivity index (χ0v) is 20.3. The second-order valence-electron chi connectivity index (χ2n) is 8.52. The Labute approximate surface area is 199 Å². The van der Waals surface area contributed by atoms with Gasteiger partial charge in [0.05, 0.1) is 17.0 Å². The molecule has 2 aromatic rings. The van der Waals surface area contributed by atoms with Gasteiger partial charge in [-0.1, -0.05) is 6.07 Å². The molecule has 0 saturated carbocycles. The minimum Gasteiger partial charge on any atom is -0.368 e. The molecule has 2 aliphatic heterocycles. The van der Waals surface area contributed by atoms with Crippen molar-refractivity contribution < 1.29 is 17.2 Å². The van der Waals surface area contributed by atoms with Gasteiger partial charge in [-0.3, -0.25) is 4.99 Å². The first-order chi connectivity index (χ1) is 15.2. The summed E-state index contributed by atoms with van der Waals surface area (Å²) in [5.74, 6) is -0.521. The van der Waals surface area contributed by atoms with Gasteiger partial charge in [0.1, 0.15) is 17.5 Å². The number of hydrogen-bond donors (Lipinski definition) is 2. The van der Waals surface area contributed by atoms with Crippen molar-refractivity contribution in [1.29, 1.82) is 0 Å². The fraction of sp³-hybridized carbons (Fsp3) is 0.435. The number of amidine groups is 1. The van der Waals surface area contributed by atoms with Crippen molar-refractivity contribution in [2.45, 2.75) is 43.7 Å². The highest BCUT2D eigenvalue weighted by molar-refractivity contribution is 7.89. The molecule has 0 radical (unpaired) electrons. The molecule has 1 spiro atoms. The fourth-order valence-corrected chi connectivity index (χ4v) is 5.89. The summed E-state index contributed by atoms with van der Waals surface area (Å²) < 4.78 is 54.9. The van der Waals surface area contributed by atoms with Gasteiger partial charge in [0, 0.05) is 32.2 Å². The predicted octanol–water partition coefficient (Wildman–Crippen LogP) is 3.32. The van der Waals surface area contributed by atoms with Crippen molar-refractivity contribution in [2.24, 2.45) is 4.99 Å². The van der Waals surface area contributed by atoms with Gasteiger partial charge in [-0.25, -0.2) is 17.2 Å². The van der Waals surface area contributed by atoms with E-state index in [1.807, 2.05) is 19.9 Å². The highest BCUT2D eigenvalue weighted by Crippen LogP contribution is 2.29. The van der Waals surface area contributed by atoms with E-state index >= 15 is 0 Å². The number of benzene rings is 2. The molecule has 0 aliphatic carbocycles. The lowest BCUT2D eigenvalue weighted by Crippen LogP contribution is -2.64. The number of aryl methyl sites for hydroxylation is 2. The van der Waals surface area contributed by atoms with Gasteiger partial charge in [0.2, 0.25) is 10.0 Å². The van der Waals surface area contributed by atoms with Crippen LogP contribution in [0, 0.1) is 25.5 Å². The lowest BCUT2D eigenvalue weighted by Gasteiger charge is -2.44. The van der Waals surface area contributed by atoms with Crippen molar-refractivity contribution in [2.75, 3.05) is 26.2 Å². The molecule has 0 unspecified atom stereocenters. The molecular weight excluding hydrogens is 470 g/mol. The summed E-state index contributed by atoms with van der Waals surface area (Å²) in [6.07, 6.45) is 1.11. The van der Waals surface area contributed by atoms with Gasteiger partial charge in [0.15, 0.2) is 0 Å². The smallest absolute Gasteiger partial charge is 0.243 e. The molecule has 1 fully saturated rings. The molecule has 0 bridgehead atoms. The number of aliphatic imine (C=N–C) groups is 1. The maximum atomic E-state index is 13.5. The van der Waals surface area contributed by atoms with Gasteiger partial charge in [-0.05, 0) is 67.6 Å². The summed E-state index contributed by atoms with van der Waals surface area (Å²) >= 11 is 0. The van der Waals surface area contributed by atoms with E-state index in [4.69, 9.17) is 0 Å². The molecule has 2 aliphatic rings. The number of halogens is 3. The minimum atomic E-state index is -3.58. The summed E-state index contributed by atoms with van der Waals surface area (Å²) in [6, 6.07) is 8.64. The summed E-state index contributed by atoms with van der Waals surface area (Å²) in [4.78, 5) is 4.93. The van der Waals surface area contributed by atoms with E-state index in [0.29, 0.717) is 49.5 Å². The molecule has 0 atom stereocenters. The second-order valence-corrected chi connectivity index (χ2v) is 10.5. The van der Waals surface area contributed by atoms with Gasteiger partial charge in [0.25, 0.3) is 0 Å². The number of rotatable bonds is 4. The molecule has 33 heavy (non-hydrogen) atoms. The molecule has 10 heteroatoms. The second kappa shape index (κ2) is 10.0. The molecule has 1 saturated heterocycles. The van der Waals surface area contributed by atoms with Crippen LogP contribution < -0.4 is 10.6 Å². The van der Waals surface area contributed by atoms with Crippen LogP contribution in [0.3, 0.4) is 0 Å². The molecule has 2 N–H and O–H groups in total. The third-order valence-corrected chi connectivity index (χ3v) is 8.27. The molecule has 0 amide bonds. The average molecular weight is 499 g/mol. The molecule has 2 aromatic carbocycles. The number of nitrogens with zero attached hydrogens (tertiary/aromatic N) is 2. The van der Waals surface area contributed by atoms with Crippen LogP contribution in [0.25, 0.3) is 0 Å². The highest BCUT2D eigenvalue weighted by Gasteiger charge is 2.43. The van der Waals surface area contributed by atoms with Crippen LogP contribution in [0.4, 0.5) is 8.78 Å². The first kappa shape index (κ1) is 25.6. The summed E-state index contributed by atoms with van der Waals surface area (Å²) in [7, 11) is -3.58.